The van der Waals surface area contributed by atoms with Crippen LogP contribution >= 0.6 is 11.8 Å². The summed E-state index contributed by atoms with van der Waals surface area (Å²) in [6, 6.07) is 20.3. The summed E-state index contributed by atoms with van der Waals surface area (Å²) in [6.07, 6.45) is 0. The minimum Gasteiger partial charge on any atom is -0.497 e. The van der Waals surface area contributed by atoms with Crippen molar-refractivity contribution in [2.45, 2.75) is 12.1 Å². The van der Waals surface area contributed by atoms with Gasteiger partial charge >= 0.3 is 0 Å². The summed E-state index contributed by atoms with van der Waals surface area (Å²) in [4.78, 5) is 2.09. The number of fused-ring (bicyclic) bond motifs is 1. The van der Waals surface area contributed by atoms with Crippen molar-refractivity contribution in [2.75, 3.05) is 47.2 Å². The fraction of sp³-hybridized carbons (Fsp3) is 0.276. The molecule has 0 amide bonds. The molecule has 0 radical (unpaired) electrons. The second-order valence-electron chi connectivity index (χ2n) is 9.28. The molecular formula is C29H31N5O3S. The van der Waals surface area contributed by atoms with E-state index in [0.717, 1.165) is 51.2 Å². The maximum Gasteiger partial charge on any atom is 0.212 e. The monoisotopic (exact) mass is 529 g/mol. The predicted octanol–water partition coefficient (Wildman–Crippen LogP) is 5.24. The van der Waals surface area contributed by atoms with Crippen LogP contribution in [0.4, 0.5) is 0 Å². The number of rotatable bonds is 9. The third-order valence-corrected chi connectivity index (χ3v) is 7.19. The number of methoxy groups -OCH3 is 2. The SMILES string of the molecule is COc1cc(OC)cc(-c2cc(OCCN(C)C)ccc2-c2nnc3n2N=C(c2ccc(C)cc2)CS3)c1. The van der Waals surface area contributed by atoms with E-state index >= 15 is 0 Å². The van der Waals surface area contributed by atoms with Crippen molar-refractivity contribution in [2.24, 2.45) is 5.10 Å². The zero-order valence-corrected chi connectivity index (χ0v) is 23.1. The van der Waals surface area contributed by atoms with E-state index in [0.29, 0.717) is 23.9 Å². The highest BCUT2D eigenvalue weighted by Gasteiger charge is 2.23. The summed E-state index contributed by atoms with van der Waals surface area (Å²) >= 11 is 1.63. The van der Waals surface area contributed by atoms with E-state index in [2.05, 4.69) is 46.3 Å². The molecule has 38 heavy (non-hydrogen) atoms. The second kappa shape index (κ2) is 11.3. The molecule has 1 aliphatic rings. The lowest BCUT2D eigenvalue weighted by Gasteiger charge is -2.17. The van der Waals surface area contributed by atoms with Crippen LogP contribution in [0.2, 0.25) is 0 Å². The average molecular weight is 530 g/mol. The van der Waals surface area contributed by atoms with Crippen LogP contribution in [-0.2, 0) is 0 Å². The van der Waals surface area contributed by atoms with Gasteiger partial charge in [-0.25, -0.2) is 0 Å². The molecule has 0 spiro atoms. The number of benzene rings is 3. The summed E-state index contributed by atoms with van der Waals surface area (Å²) in [5, 5.41) is 14.8. The third kappa shape index (κ3) is 5.54. The second-order valence-corrected chi connectivity index (χ2v) is 10.2. The van der Waals surface area contributed by atoms with E-state index in [1.165, 1.54) is 5.56 Å². The molecule has 0 atom stereocenters. The van der Waals surface area contributed by atoms with E-state index in [9.17, 15) is 0 Å². The first-order valence-corrected chi connectivity index (χ1v) is 13.3. The van der Waals surface area contributed by atoms with Crippen molar-refractivity contribution in [3.63, 3.8) is 0 Å². The smallest absolute Gasteiger partial charge is 0.212 e. The minimum absolute atomic E-state index is 0.578. The minimum atomic E-state index is 0.578. The van der Waals surface area contributed by atoms with Crippen LogP contribution in [0.15, 0.2) is 70.9 Å². The maximum absolute atomic E-state index is 6.08. The van der Waals surface area contributed by atoms with Gasteiger partial charge in [0.25, 0.3) is 0 Å². The van der Waals surface area contributed by atoms with Crippen molar-refractivity contribution in [3.8, 4) is 39.8 Å². The van der Waals surface area contributed by atoms with Gasteiger partial charge in [-0.15, -0.1) is 10.2 Å². The van der Waals surface area contributed by atoms with Crippen molar-refractivity contribution in [1.29, 1.82) is 0 Å². The van der Waals surface area contributed by atoms with Gasteiger partial charge in [-0.05, 0) is 68.0 Å². The first kappa shape index (κ1) is 25.8. The van der Waals surface area contributed by atoms with Crippen LogP contribution in [0, 0.1) is 6.92 Å². The molecule has 0 aliphatic carbocycles. The number of aryl methyl sites for hydroxylation is 1. The molecule has 5 rings (SSSR count). The highest BCUT2D eigenvalue weighted by atomic mass is 32.2. The first-order chi connectivity index (χ1) is 18.4. The summed E-state index contributed by atoms with van der Waals surface area (Å²) in [6.45, 7) is 3.48. The highest BCUT2D eigenvalue weighted by molar-refractivity contribution is 7.99. The Bertz CT molecular complexity index is 1440. The van der Waals surface area contributed by atoms with E-state index in [4.69, 9.17) is 19.3 Å². The Morgan fingerprint density at radius 3 is 2.26 bits per heavy atom. The summed E-state index contributed by atoms with van der Waals surface area (Å²) in [5.41, 5.74) is 6.01. The molecule has 3 aromatic carbocycles. The molecule has 9 heteroatoms. The van der Waals surface area contributed by atoms with Crippen molar-refractivity contribution in [3.05, 3.63) is 71.8 Å². The molecule has 0 saturated carbocycles. The number of thioether (sulfide) groups is 1. The largest absolute Gasteiger partial charge is 0.497 e. The van der Waals surface area contributed by atoms with Crippen molar-refractivity contribution in [1.82, 2.24) is 19.8 Å². The van der Waals surface area contributed by atoms with Gasteiger partial charge in [0.2, 0.25) is 5.16 Å². The zero-order chi connectivity index (χ0) is 26.6. The normalized spacial score (nSPS) is 12.7. The van der Waals surface area contributed by atoms with Crippen LogP contribution in [0.5, 0.6) is 17.2 Å². The van der Waals surface area contributed by atoms with E-state index < -0.39 is 0 Å². The number of likely N-dealkylation sites (N-methyl/N-ethyl adjacent to an activating group) is 1. The van der Waals surface area contributed by atoms with Gasteiger partial charge in [0.05, 0.1) is 19.9 Å². The Hall–Kier alpha value is -3.82. The number of aromatic nitrogens is 3. The van der Waals surface area contributed by atoms with Crippen LogP contribution in [0.25, 0.3) is 22.5 Å². The quantitative estimate of drug-likeness (QED) is 0.294. The van der Waals surface area contributed by atoms with E-state index in [1.54, 1.807) is 26.0 Å². The summed E-state index contributed by atoms with van der Waals surface area (Å²) in [7, 11) is 7.35. The van der Waals surface area contributed by atoms with Gasteiger partial charge in [0.15, 0.2) is 5.82 Å². The molecule has 0 saturated heterocycles. The van der Waals surface area contributed by atoms with E-state index in [-0.39, 0.29) is 0 Å². The maximum atomic E-state index is 6.08. The molecule has 2 heterocycles. The number of hydrogen-bond acceptors (Lipinski definition) is 8. The molecule has 1 aliphatic heterocycles. The van der Waals surface area contributed by atoms with Crippen molar-refractivity contribution < 1.29 is 14.2 Å². The van der Waals surface area contributed by atoms with Gasteiger partial charge in [-0.2, -0.15) is 9.78 Å². The zero-order valence-electron chi connectivity index (χ0n) is 22.3. The number of hydrogen-bond donors (Lipinski definition) is 0. The first-order valence-electron chi connectivity index (χ1n) is 12.3. The lowest BCUT2D eigenvalue weighted by Crippen LogP contribution is -2.19. The van der Waals surface area contributed by atoms with Gasteiger partial charge in [0, 0.05) is 23.9 Å². The lowest BCUT2D eigenvalue weighted by molar-refractivity contribution is 0.261. The molecule has 0 unspecified atom stereocenters. The fourth-order valence-electron chi connectivity index (χ4n) is 4.14. The highest BCUT2D eigenvalue weighted by Crippen LogP contribution is 2.39. The molecule has 4 aromatic rings. The topological polar surface area (TPSA) is 74.0 Å². The molecule has 196 valence electrons. The fourth-order valence-corrected chi connectivity index (χ4v) is 4.98. The van der Waals surface area contributed by atoms with Gasteiger partial charge in [0.1, 0.15) is 23.9 Å². The average Bonchev–Trinajstić information content (AvgIpc) is 3.36. The molecular weight excluding hydrogens is 498 g/mol. The Morgan fingerprint density at radius 1 is 0.842 bits per heavy atom. The molecule has 8 nitrogen and oxygen atoms in total. The molecule has 0 N–H and O–H groups in total. The summed E-state index contributed by atoms with van der Waals surface area (Å²) < 4.78 is 19.0. The molecule has 0 bridgehead atoms. The molecule has 0 fully saturated rings. The Morgan fingerprint density at radius 2 is 1.58 bits per heavy atom. The van der Waals surface area contributed by atoms with E-state index in [1.807, 2.05) is 55.2 Å². The van der Waals surface area contributed by atoms with Gasteiger partial charge in [-0.3, -0.25) is 0 Å². The van der Waals surface area contributed by atoms with Gasteiger partial charge in [-0.1, -0.05) is 41.6 Å². The summed E-state index contributed by atoms with van der Waals surface area (Å²) in [5.74, 6) is 3.56. The van der Waals surface area contributed by atoms with Crippen LogP contribution in [0.3, 0.4) is 0 Å². The van der Waals surface area contributed by atoms with Crippen LogP contribution < -0.4 is 14.2 Å². The third-order valence-electron chi connectivity index (χ3n) is 6.26. The van der Waals surface area contributed by atoms with Crippen LogP contribution in [0.1, 0.15) is 11.1 Å². The Labute approximate surface area is 227 Å². The van der Waals surface area contributed by atoms with Gasteiger partial charge < -0.3 is 19.1 Å². The Balaban J connectivity index is 1.61. The van der Waals surface area contributed by atoms with Crippen molar-refractivity contribution >= 4 is 17.5 Å². The molecule has 1 aromatic heterocycles. The van der Waals surface area contributed by atoms with Crippen LogP contribution in [-0.4, -0.2) is 72.7 Å². The standard InChI is InChI=1S/C29H31N5O3S/c1-19-6-8-20(9-7-19)27-18-38-29-31-30-28(34(29)32-27)25-11-10-22(37-13-12-33(2)3)17-26(25)21-14-23(35-4)16-24(15-21)36-5/h6-11,14-17H,12-13,18H2,1-5H3. The Kier molecular flexibility index (Phi) is 7.67. The number of ether oxygens (including phenoxy) is 3. The number of nitrogens with zero attached hydrogens (tertiary/aromatic N) is 5. The lowest BCUT2D eigenvalue weighted by atomic mass is 9.98. The predicted molar refractivity (Wildman–Crippen MR) is 152 cm³/mol.